The zero-order valence-corrected chi connectivity index (χ0v) is 15.8. The van der Waals surface area contributed by atoms with E-state index >= 15 is 0 Å². The predicted octanol–water partition coefficient (Wildman–Crippen LogP) is 2.18. The molecule has 0 bridgehead atoms. The van der Waals surface area contributed by atoms with E-state index in [1.165, 1.54) is 0 Å². The van der Waals surface area contributed by atoms with Crippen LogP contribution in [-0.2, 0) is 11.3 Å². The van der Waals surface area contributed by atoms with Gasteiger partial charge in [0.15, 0.2) is 5.58 Å². The maximum absolute atomic E-state index is 12.4. The van der Waals surface area contributed by atoms with Gasteiger partial charge in [-0.1, -0.05) is 12.1 Å². The van der Waals surface area contributed by atoms with Gasteiger partial charge in [0.2, 0.25) is 5.91 Å². The van der Waals surface area contributed by atoms with Crippen LogP contribution in [0.1, 0.15) is 36.8 Å². The number of nitrogens with one attached hydrogen (secondary N) is 1. The number of hydrogen-bond acceptors (Lipinski definition) is 5. The zero-order chi connectivity index (χ0) is 19.3. The fraction of sp³-hybridized carbons (Fsp3) is 0.450. The second kappa shape index (κ2) is 6.63. The first-order chi connectivity index (χ1) is 13.6. The number of likely N-dealkylation sites (tertiary alicyclic amines) is 1. The minimum Gasteiger partial charge on any atom is -0.408 e. The van der Waals surface area contributed by atoms with Crippen LogP contribution in [0.15, 0.2) is 39.7 Å². The van der Waals surface area contributed by atoms with Gasteiger partial charge in [0.25, 0.3) is 0 Å². The lowest BCUT2D eigenvalue weighted by atomic mass is 9.94. The number of carbonyl (C=O) groups excluding carboxylic acids is 1. The van der Waals surface area contributed by atoms with Crippen LogP contribution in [0.25, 0.3) is 11.1 Å². The molecule has 2 aliphatic rings. The number of para-hydroxylation sites is 2. The van der Waals surface area contributed by atoms with Gasteiger partial charge >= 0.3 is 5.76 Å². The number of rotatable bonds is 3. The first kappa shape index (κ1) is 17.2. The van der Waals surface area contributed by atoms with Crippen molar-refractivity contribution in [2.45, 2.75) is 37.8 Å². The quantitative estimate of drug-likeness (QED) is 0.752. The first-order valence-corrected chi connectivity index (χ1v) is 9.74. The molecule has 1 N–H and O–H groups in total. The number of oxazole rings is 1. The average molecular weight is 381 g/mol. The summed E-state index contributed by atoms with van der Waals surface area (Å²) >= 11 is 0. The second-order valence-corrected chi connectivity index (χ2v) is 7.82. The highest BCUT2D eigenvalue weighted by atomic mass is 16.4. The van der Waals surface area contributed by atoms with Crippen molar-refractivity contribution in [3.63, 3.8) is 0 Å². The number of nitrogens with zero attached hydrogens (tertiary/aromatic N) is 4. The number of carbonyl (C=O) groups is 1. The van der Waals surface area contributed by atoms with Crippen LogP contribution in [0.3, 0.4) is 0 Å². The summed E-state index contributed by atoms with van der Waals surface area (Å²) in [5, 5.41) is 7.63. The molecule has 1 fully saturated rings. The Morgan fingerprint density at radius 1 is 1.21 bits per heavy atom. The second-order valence-electron chi connectivity index (χ2n) is 7.82. The average Bonchev–Trinajstić information content (AvgIpc) is 3.24. The van der Waals surface area contributed by atoms with E-state index in [9.17, 15) is 9.59 Å². The molecule has 0 aliphatic carbocycles. The molecule has 0 radical (unpaired) electrons. The predicted molar refractivity (Wildman–Crippen MR) is 104 cm³/mol. The van der Waals surface area contributed by atoms with Crippen molar-refractivity contribution in [2.75, 3.05) is 25.5 Å². The van der Waals surface area contributed by atoms with Crippen molar-refractivity contribution in [2.24, 2.45) is 0 Å². The molecular formula is C20H23N5O3. The zero-order valence-electron chi connectivity index (χ0n) is 15.8. The fourth-order valence-electron chi connectivity index (χ4n) is 4.41. The van der Waals surface area contributed by atoms with Crippen LogP contribution < -0.4 is 11.1 Å². The van der Waals surface area contributed by atoms with Crippen LogP contribution >= 0.6 is 0 Å². The number of anilines is 1. The highest BCUT2D eigenvalue weighted by Crippen LogP contribution is 2.36. The summed E-state index contributed by atoms with van der Waals surface area (Å²) in [5.74, 6) is 0.253. The molecule has 0 saturated carbocycles. The number of fused-ring (bicyclic) bond motifs is 2. The van der Waals surface area contributed by atoms with E-state index in [4.69, 9.17) is 4.42 Å². The summed E-state index contributed by atoms with van der Waals surface area (Å²) in [4.78, 5) is 27.1. The molecule has 1 saturated heterocycles. The molecule has 1 aromatic carbocycles. The molecule has 0 unspecified atom stereocenters. The van der Waals surface area contributed by atoms with Crippen molar-refractivity contribution >= 4 is 22.8 Å². The number of amides is 1. The SMILES string of the molecule is CN1CCC(n2ncc3c2NC(=O)C[C@H]3Cn2c(=O)oc3ccccc32)CC1. The Hall–Kier alpha value is -2.87. The Balaban J connectivity index is 1.49. The lowest BCUT2D eigenvalue weighted by molar-refractivity contribution is -0.117. The Morgan fingerprint density at radius 3 is 2.82 bits per heavy atom. The van der Waals surface area contributed by atoms with Crippen LogP contribution in [0, 0.1) is 0 Å². The van der Waals surface area contributed by atoms with Crippen molar-refractivity contribution in [1.29, 1.82) is 0 Å². The maximum atomic E-state index is 12.4. The summed E-state index contributed by atoms with van der Waals surface area (Å²) in [6, 6.07) is 7.66. The van der Waals surface area contributed by atoms with E-state index in [1.54, 1.807) is 10.6 Å². The molecule has 1 amide bonds. The molecular weight excluding hydrogens is 358 g/mol. The van der Waals surface area contributed by atoms with Crippen molar-refractivity contribution in [1.82, 2.24) is 19.2 Å². The molecule has 146 valence electrons. The minimum absolute atomic E-state index is 0.0342. The molecule has 28 heavy (non-hydrogen) atoms. The maximum Gasteiger partial charge on any atom is 0.419 e. The Bertz CT molecular complexity index is 1090. The molecule has 5 rings (SSSR count). The van der Waals surface area contributed by atoms with Gasteiger partial charge in [-0.15, -0.1) is 0 Å². The summed E-state index contributed by atoms with van der Waals surface area (Å²) < 4.78 is 8.94. The topological polar surface area (TPSA) is 85.3 Å². The van der Waals surface area contributed by atoms with E-state index < -0.39 is 5.76 Å². The van der Waals surface area contributed by atoms with Crippen LogP contribution in [0.4, 0.5) is 5.82 Å². The smallest absolute Gasteiger partial charge is 0.408 e. The highest BCUT2D eigenvalue weighted by Gasteiger charge is 2.32. The van der Waals surface area contributed by atoms with E-state index in [0.29, 0.717) is 18.5 Å². The molecule has 8 nitrogen and oxygen atoms in total. The molecule has 0 spiro atoms. The first-order valence-electron chi connectivity index (χ1n) is 9.74. The number of piperidine rings is 1. The van der Waals surface area contributed by atoms with E-state index in [0.717, 1.165) is 42.8 Å². The Morgan fingerprint density at radius 2 is 2.00 bits per heavy atom. The molecule has 8 heteroatoms. The molecule has 2 aliphatic heterocycles. The van der Waals surface area contributed by atoms with Gasteiger partial charge in [-0.3, -0.25) is 9.36 Å². The third-order valence-corrected chi connectivity index (χ3v) is 5.96. The lowest BCUT2D eigenvalue weighted by Gasteiger charge is -2.31. The van der Waals surface area contributed by atoms with Gasteiger partial charge in [0, 0.05) is 24.4 Å². The van der Waals surface area contributed by atoms with Crippen LogP contribution in [0.5, 0.6) is 0 Å². The van der Waals surface area contributed by atoms with E-state index in [-0.39, 0.29) is 17.9 Å². The summed E-state index contributed by atoms with van der Waals surface area (Å²) in [5.41, 5.74) is 2.31. The standard InChI is InChI=1S/C20H23N5O3/c1-23-8-6-14(7-9-23)25-19-15(11-21-25)13(10-18(26)22-19)12-24-16-4-2-3-5-17(16)28-20(24)27/h2-5,11,13-14H,6-10,12H2,1H3,(H,22,26)/t13-/m0/s1. The summed E-state index contributed by atoms with van der Waals surface area (Å²) in [6.45, 7) is 2.44. The van der Waals surface area contributed by atoms with Gasteiger partial charge in [-0.2, -0.15) is 5.10 Å². The van der Waals surface area contributed by atoms with Crippen LogP contribution in [-0.4, -0.2) is 45.3 Å². The number of hydrogen-bond donors (Lipinski definition) is 1. The van der Waals surface area contributed by atoms with Crippen molar-refractivity contribution in [3.8, 4) is 0 Å². The van der Waals surface area contributed by atoms with Crippen LogP contribution in [0.2, 0.25) is 0 Å². The molecule has 1 atom stereocenters. The minimum atomic E-state index is -0.392. The fourth-order valence-corrected chi connectivity index (χ4v) is 4.41. The summed E-state index contributed by atoms with van der Waals surface area (Å²) in [7, 11) is 2.12. The molecule has 2 aromatic heterocycles. The van der Waals surface area contributed by atoms with Gasteiger partial charge in [-0.05, 0) is 45.1 Å². The highest BCUT2D eigenvalue weighted by molar-refractivity contribution is 5.93. The third kappa shape index (κ3) is 2.84. The van der Waals surface area contributed by atoms with Crippen molar-refractivity contribution < 1.29 is 9.21 Å². The van der Waals surface area contributed by atoms with Gasteiger partial charge < -0.3 is 14.6 Å². The number of aromatic nitrogens is 3. The van der Waals surface area contributed by atoms with E-state index in [1.807, 2.05) is 29.1 Å². The Kier molecular flexibility index (Phi) is 4.08. The van der Waals surface area contributed by atoms with Gasteiger partial charge in [0.1, 0.15) is 5.82 Å². The largest absolute Gasteiger partial charge is 0.419 e. The summed E-state index contributed by atoms with van der Waals surface area (Å²) in [6.07, 6.45) is 4.21. The monoisotopic (exact) mass is 381 g/mol. The van der Waals surface area contributed by atoms with E-state index in [2.05, 4.69) is 22.4 Å². The number of benzene rings is 1. The third-order valence-electron chi connectivity index (χ3n) is 5.96. The van der Waals surface area contributed by atoms with Gasteiger partial charge in [-0.25, -0.2) is 9.48 Å². The van der Waals surface area contributed by atoms with Crippen molar-refractivity contribution in [3.05, 3.63) is 46.6 Å². The van der Waals surface area contributed by atoms with Gasteiger partial charge in [0.05, 0.1) is 17.8 Å². The lowest BCUT2D eigenvalue weighted by Crippen LogP contribution is -2.33. The molecule has 3 aromatic rings. The molecule has 4 heterocycles. The Labute approximate surface area is 161 Å². The normalized spacial score (nSPS) is 21.0.